The van der Waals surface area contributed by atoms with E-state index < -0.39 is 31.1 Å². The van der Waals surface area contributed by atoms with Crippen LogP contribution in [0.15, 0.2) is 24.3 Å². The summed E-state index contributed by atoms with van der Waals surface area (Å²) in [6.07, 6.45) is -3.18. The molecule has 1 aromatic heterocycles. The largest absolute Gasteiger partial charge is 0.391 e. The number of rotatable bonds is 9. The predicted molar refractivity (Wildman–Crippen MR) is 167 cm³/mol. The zero-order chi connectivity index (χ0) is 32.0. The number of hydrogen-bond acceptors (Lipinski definition) is 5. The lowest BCUT2D eigenvalue weighted by atomic mass is 9.85. The van der Waals surface area contributed by atoms with Crippen molar-refractivity contribution in [1.82, 2.24) is 20.2 Å². The quantitative estimate of drug-likeness (QED) is 0.201. The summed E-state index contributed by atoms with van der Waals surface area (Å²) in [5.41, 5.74) is 4.27. The van der Waals surface area contributed by atoms with Gasteiger partial charge in [0.2, 0.25) is 5.95 Å². The maximum atomic E-state index is 13.9. The summed E-state index contributed by atoms with van der Waals surface area (Å²) in [7, 11) is 1.82. The number of alkyl halides is 5. The molecule has 2 aromatic carbocycles. The molecule has 242 valence electrons. The second kappa shape index (κ2) is 12.5. The second-order valence-corrected chi connectivity index (χ2v) is 14.1. The van der Waals surface area contributed by atoms with Gasteiger partial charge in [-0.05, 0) is 60.4 Å². The van der Waals surface area contributed by atoms with Gasteiger partial charge in [0, 0.05) is 38.4 Å². The van der Waals surface area contributed by atoms with Crippen LogP contribution in [0.1, 0.15) is 57.6 Å². The standard InChI is InChI=1S/C31H39Cl2F5N6/c1-29(2,3)15-39-13-18-5-10-22(32)27(26(18)33)42-28-41-23-11-19(14-40-21-8-6-20(7-9-21)31(36,37)38)24(12-25(23)43(28)4)44-16-30(34,35)17-44/h5,10-12,20-21,39-40H,6-9,13-17H2,1-4H3,(H,41,42). The van der Waals surface area contributed by atoms with Crippen molar-refractivity contribution < 1.29 is 22.0 Å². The first kappa shape index (κ1) is 33.0. The van der Waals surface area contributed by atoms with Gasteiger partial charge < -0.3 is 25.4 Å². The van der Waals surface area contributed by atoms with Gasteiger partial charge in [0.1, 0.15) is 0 Å². The van der Waals surface area contributed by atoms with Crippen LogP contribution in [-0.4, -0.2) is 47.3 Å². The Morgan fingerprint density at radius 3 is 2.27 bits per heavy atom. The number of anilines is 3. The van der Waals surface area contributed by atoms with Crippen molar-refractivity contribution in [2.45, 2.75) is 77.7 Å². The molecule has 5 rings (SSSR count). The molecule has 0 amide bonds. The van der Waals surface area contributed by atoms with Crippen LogP contribution in [0.5, 0.6) is 0 Å². The minimum atomic E-state index is -4.17. The Kier molecular flexibility index (Phi) is 9.35. The van der Waals surface area contributed by atoms with Gasteiger partial charge in [0.05, 0.1) is 45.8 Å². The lowest BCUT2D eigenvalue weighted by Gasteiger charge is -2.41. The zero-order valence-electron chi connectivity index (χ0n) is 25.3. The molecule has 3 N–H and O–H groups in total. The van der Waals surface area contributed by atoms with Gasteiger partial charge in [-0.25, -0.2) is 13.8 Å². The highest BCUT2D eigenvalue weighted by molar-refractivity contribution is 6.39. The third-order valence-corrected chi connectivity index (χ3v) is 9.16. The Labute approximate surface area is 264 Å². The van der Waals surface area contributed by atoms with E-state index in [2.05, 4.69) is 36.7 Å². The number of aryl methyl sites for hydroxylation is 1. The van der Waals surface area contributed by atoms with Crippen LogP contribution in [0.4, 0.5) is 39.3 Å². The Morgan fingerprint density at radius 2 is 1.66 bits per heavy atom. The molecule has 1 saturated carbocycles. The highest BCUT2D eigenvalue weighted by atomic mass is 35.5. The third-order valence-electron chi connectivity index (χ3n) is 8.42. The molecule has 1 aliphatic carbocycles. The Balaban J connectivity index is 1.38. The predicted octanol–water partition coefficient (Wildman–Crippen LogP) is 8.43. The number of aromatic nitrogens is 2. The number of imidazole rings is 1. The molecule has 1 aliphatic heterocycles. The van der Waals surface area contributed by atoms with Gasteiger partial charge in [-0.1, -0.05) is 50.0 Å². The molecule has 44 heavy (non-hydrogen) atoms. The number of halogens is 7. The molecule has 2 fully saturated rings. The van der Waals surface area contributed by atoms with Gasteiger partial charge in [-0.3, -0.25) is 0 Å². The fourth-order valence-corrected chi connectivity index (χ4v) is 6.44. The summed E-state index contributed by atoms with van der Waals surface area (Å²) in [5, 5.41) is 11.0. The van der Waals surface area contributed by atoms with Crippen LogP contribution >= 0.6 is 23.2 Å². The first-order chi connectivity index (χ1) is 20.5. The minimum Gasteiger partial charge on any atom is -0.359 e. The minimum absolute atomic E-state index is 0.0783. The molecule has 2 heterocycles. The smallest absolute Gasteiger partial charge is 0.359 e. The summed E-state index contributed by atoms with van der Waals surface area (Å²) < 4.78 is 69.0. The summed E-state index contributed by atoms with van der Waals surface area (Å²) in [4.78, 5) is 6.40. The van der Waals surface area contributed by atoms with Crippen molar-refractivity contribution >= 4 is 51.6 Å². The number of hydrogen-bond donors (Lipinski definition) is 3. The number of fused-ring (bicyclic) bond motifs is 1. The van der Waals surface area contributed by atoms with Crippen LogP contribution in [0.3, 0.4) is 0 Å². The average Bonchev–Trinajstić information content (AvgIpc) is 3.22. The maximum absolute atomic E-state index is 13.9. The van der Waals surface area contributed by atoms with Crippen LogP contribution in [0.2, 0.25) is 10.0 Å². The average molecular weight is 662 g/mol. The molecule has 0 bridgehead atoms. The van der Waals surface area contributed by atoms with Crippen molar-refractivity contribution in [3.8, 4) is 0 Å². The summed E-state index contributed by atoms with van der Waals surface area (Å²) in [6, 6.07) is 7.28. The Morgan fingerprint density at radius 1 is 0.977 bits per heavy atom. The first-order valence-electron chi connectivity index (χ1n) is 14.9. The molecule has 0 radical (unpaired) electrons. The Bertz CT molecular complexity index is 1480. The van der Waals surface area contributed by atoms with E-state index in [1.165, 1.54) is 0 Å². The molecule has 3 aromatic rings. The molecule has 0 spiro atoms. The highest BCUT2D eigenvalue weighted by Gasteiger charge is 2.45. The topological polar surface area (TPSA) is 57.2 Å². The van der Waals surface area contributed by atoms with Gasteiger partial charge >= 0.3 is 6.18 Å². The molecule has 13 heteroatoms. The molecular weight excluding hydrogens is 622 g/mol. The van der Waals surface area contributed by atoms with Gasteiger partial charge in [0.25, 0.3) is 5.92 Å². The first-order valence-corrected chi connectivity index (χ1v) is 15.6. The van der Waals surface area contributed by atoms with E-state index in [9.17, 15) is 22.0 Å². The van der Waals surface area contributed by atoms with Crippen molar-refractivity contribution in [2.24, 2.45) is 18.4 Å². The fourth-order valence-electron chi connectivity index (χ4n) is 5.91. The maximum Gasteiger partial charge on any atom is 0.391 e. The van der Waals surface area contributed by atoms with E-state index in [0.29, 0.717) is 58.8 Å². The SMILES string of the molecule is Cn1c(Nc2c(Cl)ccc(CNCC(C)(C)C)c2Cl)nc2cc(CNC3CCC(C(F)(F)F)CC3)c(N3CC(F)(F)C3)cc21. The van der Waals surface area contributed by atoms with Crippen LogP contribution in [-0.2, 0) is 20.1 Å². The Hall–Kier alpha value is -2.34. The van der Waals surface area contributed by atoms with E-state index in [0.717, 1.165) is 23.2 Å². The lowest BCUT2D eigenvalue weighted by Crippen LogP contribution is -2.56. The molecule has 6 nitrogen and oxygen atoms in total. The van der Waals surface area contributed by atoms with E-state index >= 15 is 0 Å². The van der Waals surface area contributed by atoms with Crippen LogP contribution in [0.25, 0.3) is 11.0 Å². The van der Waals surface area contributed by atoms with E-state index in [-0.39, 0.29) is 24.3 Å². The third kappa shape index (κ3) is 7.54. The van der Waals surface area contributed by atoms with Gasteiger partial charge in [0.15, 0.2) is 0 Å². The van der Waals surface area contributed by atoms with E-state index in [4.69, 9.17) is 28.2 Å². The molecule has 0 atom stereocenters. The second-order valence-electron chi connectivity index (χ2n) is 13.3. The fraction of sp³-hybridized carbons (Fsp3) is 0.581. The van der Waals surface area contributed by atoms with Gasteiger partial charge in [-0.15, -0.1) is 0 Å². The van der Waals surface area contributed by atoms with Crippen LogP contribution < -0.4 is 20.9 Å². The molecule has 2 aliphatic rings. The van der Waals surface area contributed by atoms with Crippen molar-refractivity contribution in [3.05, 3.63) is 45.4 Å². The normalized spacial score (nSPS) is 20.7. The van der Waals surface area contributed by atoms with E-state index in [1.54, 1.807) is 11.0 Å². The highest BCUT2D eigenvalue weighted by Crippen LogP contribution is 2.40. The van der Waals surface area contributed by atoms with Crippen molar-refractivity contribution in [2.75, 3.05) is 29.9 Å². The zero-order valence-corrected chi connectivity index (χ0v) is 26.8. The molecule has 1 saturated heterocycles. The van der Waals surface area contributed by atoms with Crippen molar-refractivity contribution in [3.63, 3.8) is 0 Å². The molecular formula is C31H39Cl2F5N6. The summed E-state index contributed by atoms with van der Waals surface area (Å²) >= 11 is 13.3. The van der Waals surface area contributed by atoms with Crippen LogP contribution in [0, 0.1) is 11.3 Å². The summed E-state index contributed by atoms with van der Waals surface area (Å²) in [5.74, 6) is -3.56. The molecule has 0 unspecified atom stereocenters. The lowest BCUT2D eigenvalue weighted by molar-refractivity contribution is -0.182. The van der Waals surface area contributed by atoms with Crippen molar-refractivity contribution in [1.29, 1.82) is 0 Å². The summed E-state index contributed by atoms with van der Waals surface area (Å²) in [6.45, 7) is 7.33. The van der Waals surface area contributed by atoms with E-state index in [1.807, 2.05) is 29.8 Å². The number of nitrogens with zero attached hydrogens (tertiary/aromatic N) is 3. The number of nitrogens with one attached hydrogen (secondary N) is 3. The monoisotopic (exact) mass is 660 g/mol. The number of benzene rings is 2. The van der Waals surface area contributed by atoms with Gasteiger partial charge in [-0.2, -0.15) is 13.2 Å².